The second-order valence-electron chi connectivity index (χ2n) is 7.52. The lowest BCUT2D eigenvalue weighted by Crippen LogP contribution is -2.34. The fourth-order valence-electron chi connectivity index (χ4n) is 2.88. The van der Waals surface area contributed by atoms with Gasteiger partial charge in [0.2, 0.25) is 5.91 Å². The van der Waals surface area contributed by atoms with Crippen LogP contribution in [0.3, 0.4) is 0 Å². The van der Waals surface area contributed by atoms with Crippen molar-refractivity contribution >= 4 is 27.3 Å². The van der Waals surface area contributed by atoms with E-state index >= 15 is 0 Å². The molecule has 142 valence electrons. The van der Waals surface area contributed by atoms with Gasteiger partial charge in [-0.15, -0.1) is 11.3 Å². The zero-order chi connectivity index (χ0) is 18.7. The summed E-state index contributed by atoms with van der Waals surface area (Å²) in [6.45, 7) is 8.06. The molecule has 0 aromatic carbocycles. The maximum absolute atomic E-state index is 12.8. The van der Waals surface area contributed by atoms with Gasteiger partial charge in [-0.1, -0.05) is 20.8 Å². The lowest BCUT2D eigenvalue weighted by molar-refractivity contribution is -0.121. The van der Waals surface area contributed by atoms with Crippen LogP contribution in [0.4, 0.5) is 0 Å². The van der Waals surface area contributed by atoms with E-state index in [9.17, 15) is 13.2 Å². The largest absolute Gasteiger partial charge is 0.356 e. The van der Waals surface area contributed by atoms with Gasteiger partial charge in [-0.25, -0.2) is 8.42 Å². The lowest BCUT2D eigenvalue weighted by atomic mass is 9.90. The first kappa shape index (κ1) is 20.4. The van der Waals surface area contributed by atoms with Crippen molar-refractivity contribution in [1.82, 2.24) is 9.62 Å². The zero-order valence-electron chi connectivity index (χ0n) is 15.2. The molecule has 0 aliphatic carbocycles. The Labute approximate surface area is 154 Å². The van der Waals surface area contributed by atoms with Gasteiger partial charge in [0.25, 0.3) is 10.0 Å². The molecule has 1 aromatic rings. The van der Waals surface area contributed by atoms with Crippen molar-refractivity contribution in [3.05, 3.63) is 17.0 Å². The summed E-state index contributed by atoms with van der Waals surface area (Å²) in [6, 6.07) is 3.51. The molecular formula is C17H29N3O3S2. The van der Waals surface area contributed by atoms with Crippen LogP contribution in [0.1, 0.15) is 38.5 Å². The molecule has 1 atom stereocenters. The third-order valence-electron chi connectivity index (χ3n) is 4.53. The molecule has 25 heavy (non-hydrogen) atoms. The van der Waals surface area contributed by atoms with Crippen LogP contribution in [0.5, 0.6) is 0 Å². The number of thiophene rings is 1. The van der Waals surface area contributed by atoms with E-state index in [-0.39, 0.29) is 11.3 Å². The van der Waals surface area contributed by atoms with Crippen molar-refractivity contribution in [3.8, 4) is 0 Å². The van der Waals surface area contributed by atoms with Gasteiger partial charge < -0.3 is 11.1 Å². The molecule has 2 rings (SSSR count). The minimum Gasteiger partial charge on any atom is -0.356 e. The molecule has 0 spiro atoms. The fraction of sp³-hybridized carbons (Fsp3) is 0.706. The van der Waals surface area contributed by atoms with Gasteiger partial charge in [0, 0.05) is 30.9 Å². The van der Waals surface area contributed by atoms with Crippen molar-refractivity contribution in [2.24, 2.45) is 17.1 Å². The van der Waals surface area contributed by atoms with E-state index in [0.29, 0.717) is 49.1 Å². The minimum atomic E-state index is -3.45. The number of amides is 1. The Morgan fingerprint density at radius 3 is 2.76 bits per heavy atom. The van der Waals surface area contributed by atoms with Crippen molar-refractivity contribution in [3.63, 3.8) is 0 Å². The number of hydrogen-bond donors (Lipinski definition) is 2. The highest BCUT2D eigenvalue weighted by molar-refractivity contribution is 7.91. The van der Waals surface area contributed by atoms with E-state index in [1.165, 1.54) is 11.3 Å². The summed E-state index contributed by atoms with van der Waals surface area (Å²) in [6.07, 6.45) is 1.95. The maximum Gasteiger partial charge on any atom is 0.252 e. The van der Waals surface area contributed by atoms with Gasteiger partial charge in [0.15, 0.2) is 0 Å². The summed E-state index contributed by atoms with van der Waals surface area (Å²) in [7, 11) is -3.45. The molecular weight excluding hydrogens is 358 g/mol. The van der Waals surface area contributed by atoms with Crippen molar-refractivity contribution in [1.29, 1.82) is 0 Å². The third kappa shape index (κ3) is 5.26. The van der Waals surface area contributed by atoms with Crippen LogP contribution >= 0.6 is 11.3 Å². The van der Waals surface area contributed by atoms with E-state index < -0.39 is 10.0 Å². The molecule has 1 saturated heterocycles. The summed E-state index contributed by atoms with van der Waals surface area (Å²) in [5.74, 6) is 0.371. The number of hydrogen-bond acceptors (Lipinski definition) is 5. The highest BCUT2D eigenvalue weighted by Gasteiger charge is 2.39. The van der Waals surface area contributed by atoms with Gasteiger partial charge in [0.05, 0.1) is 0 Å². The van der Waals surface area contributed by atoms with Crippen LogP contribution in [0.2, 0.25) is 0 Å². The number of nitrogens with one attached hydrogen (secondary N) is 1. The van der Waals surface area contributed by atoms with Crippen LogP contribution in [-0.4, -0.2) is 44.8 Å². The summed E-state index contributed by atoms with van der Waals surface area (Å²) >= 11 is 1.29. The Morgan fingerprint density at radius 2 is 2.16 bits per heavy atom. The first-order valence-electron chi connectivity index (χ1n) is 8.72. The highest BCUT2D eigenvalue weighted by Crippen LogP contribution is 2.34. The predicted octanol–water partition coefficient (Wildman–Crippen LogP) is 1.81. The van der Waals surface area contributed by atoms with Gasteiger partial charge in [-0.05, 0) is 42.9 Å². The van der Waals surface area contributed by atoms with Crippen molar-refractivity contribution in [2.75, 3.05) is 26.2 Å². The lowest BCUT2D eigenvalue weighted by Gasteiger charge is -2.21. The monoisotopic (exact) mass is 387 g/mol. The standard InChI is InChI=1S/C17H29N3O3S2/c1-13(2)10-15(21)19-8-6-14-4-5-16(24-14)25(22,23)20-9-7-17(3,11-18)12-20/h4-5,13H,6-12,18H2,1-3H3,(H,19,21). The van der Waals surface area contributed by atoms with Crippen LogP contribution in [0.15, 0.2) is 16.3 Å². The Morgan fingerprint density at radius 1 is 1.44 bits per heavy atom. The summed E-state index contributed by atoms with van der Waals surface area (Å²) in [5.41, 5.74) is 5.64. The number of carbonyl (C=O) groups is 1. The number of carbonyl (C=O) groups excluding carboxylic acids is 1. The number of nitrogens with two attached hydrogens (primary N) is 1. The fourth-order valence-corrected chi connectivity index (χ4v) is 5.98. The van der Waals surface area contributed by atoms with Crippen molar-refractivity contribution in [2.45, 2.75) is 44.2 Å². The third-order valence-corrected chi connectivity index (χ3v) is 7.99. The van der Waals surface area contributed by atoms with E-state index in [0.717, 1.165) is 11.3 Å². The Bertz CT molecular complexity index is 700. The predicted molar refractivity (Wildman–Crippen MR) is 101 cm³/mol. The van der Waals surface area contributed by atoms with Gasteiger partial charge >= 0.3 is 0 Å². The Hall–Kier alpha value is -0.960. The molecule has 1 unspecified atom stereocenters. The summed E-state index contributed by atoms with van der Waals surface area (Å²) < 4.78 is 27.5. The van der Waals surface area contributed by atoms with Gasteiger partial charge in [0.1, 0.15) is 4.21 Å². The number of rotatable bonds is 8. The minimum absolute atomic E-state index is 0.0394. The zero-order valence-corrected chi connectivity index (χ0v) is 16.9. The second kappa shape index (κ2) is 8.16. The normalized spacial score (nSPS) is 21.8. The smallest absolute Gasteiger partial charge is 0.252 e. The molecule has 1 aromatic heterocycles. The molecule has 2 heterocycles. The first-order valence-corrected chi connectivity index (χ1v) is 11.0. The number of sulfonamides is 1. The molecule has 1 aliphatic heterocycles. The first-order chi connectivity index (χ1) is 11.7. The van der Waals surface area contributed by atoms with Crippen LogP contribution in [0, 0.1) is 11.3 Å². The molecule has 3 N–H and O–H groups in total. The van der Waals surface area contributed by atoms with E-state index in [1.54, 1.807) is 10.4 Å². The Kier molecular flexibility index (Phi) is 6.64. The molecule has 8 heteroatoms. The maximum atomic E-state index is 12.8. The summed E-state index contributed by atoms with van der Waals surface area (Å²) in [5, 5.41) is 2.88. The molecule has 0 bridgehead atoms. The van der Waals surface area contributed by atoms with E-state index in [2.05, 4.69) is 5.32 Å². The molecule has 1 amide bonds. The molecule has 0 saturated carbocycles. The SMILES string of the molecule is CC(C)CC(=O)NCCc1ccc(S(=O)(=O)N2CCC(C)(CN)C2)s1. The Balaban J connectivity index is 1.93. The van der Waals surface area contributed by atoms with Crippen molar-refractivity contribution < 1.29 is 13.2 Å². The van der Waals surface area contributed by atoms with Crippen LogP contribution < -0.4 is 11.1 Å². The number of nitrogens with zero attached hydrogens (tertiary/aromatic N) is 1. The molecule has 1 fully saturated rings. The van der Waals surface area contributed by atoms with Crippen LogP contribution in [-0.2, 0) is 21.2 Å². The topological polar surface area (TPSA) is 92.5 Å². The van der Waals surface area contributed by atoms with E-state index in [1.807, 2.05) is 26.8 Å². The molecule has 6 nitrogen and oxygen atoms in total. The highest BCUT2D eigenvalue weighted by atomic mass is 32.2. The van der Waals surface area contributed by atoms with E-state index in [4.69, 9.17) is 5.73 Å². The van der Waals surface area contributed by atoms with Gasteiger partial charge in [-0.2, -0.15) is 4.31 Å². The molecule has 1 aliphatic rings. The average molecular weight is 388 g/mol. The molecule has 0 radical (unpaired) electrons. The quantitative estimate of drug-likeness (QED) is 0.711. The second-order valence-corrected chi connectivity index (χ2v) is 10.9. The summed E-state index contributed by atoms with van der Waals surface area (Å²) in [4.78, 5) is 12.6. The van der Waals surface area contributed by atoms with Gasteiger partial charge in [-0.3, -0.25) is 4.79 Å². The van der Waals surface area contributed by atoms with Crippen LogP contribution in [0.25, 0.3) is 0 Å². The average Bonchev–Trinajstić information content (AvgIpc) is 3.15.